The van der Waals surface area contributed by atoms with Crippen LogP contribution in [0.25, 0.3) is 0 Å². The van der Waals surface area contributed by atoms with Crippen molar-refractivity contribution in [3.63, 3.8) is 0 Å². The Bertz CT molecular complexity index is 360. The van der Waals surface area contributed by atoms with E-state index in [-0.39, 0.29) is 12.3 Å². The third-order valence-corrected chi connectivity index (χ3v) is 2.83. The highest BCUT2D eigenvalue weighted by atomic mass is 16.5. The molecule has 1 aromatic rings. The van der Waals surface area contributed by atoms with Gasteiger partial charge in [0, 0.05) is 18.4 Å². The molecule has 2 atom stereocenters. The van der Waals surface area contributed by atoms with Crippen molar-refractivity contribution in [2.24, 2.45) is 5.92 Å². The fourth-order valence-corrected chi connectivity index (χ4v) is 2.03. The fourth-order valence-electron chi connectivity index (χ4n) is 2.03. The van der Waals surface area contributed by atoms with Crippen molar-refractivity contribution < 1.29 is 19.5 Å². The van der Waals surface area contributed by atoms with Crippen molar-refractivity contribution >= 4 is 5.97 Å². The Morgan fingerprint density at radius 3 is 3.20 bits per heavy atom. The van der Waals surface area contributed by atoms with Crippen molar-refractivity contribution in [1.82, 2.24) is 5.16 Å². The van der Waals surface area contributed by atoms with Crippen LogP contribution in [0.2, 0.25) is 0 Å². The number of aliphatic carboxylic acids is 1. The Labute approximate surface area is 86.7 Å². The van der Waals surface area contributed by atoms with Gasteiger partial charge in [-0.2, -0.15) is 0 Å². The number of fused-ring (bicyclic) bond motifs is 1. The lowest BCUT2D eigenvalue weighted by Crippen LogP contribution is -2.18. The van der Waals surface area contributed by atoms with Gasteiger partial charge in [0.25, 0.3) is 0 Å². The molecule has 2 unspecified atom stereocenters. The number of carbonyl (C=O) groups is 1. The second-order valence-electron chi connectivity index (χ2n) is 3.96. The summed E-state index contributed by atoms with van der Waals surface area (Å²) in [4.78, 5) is 10.4. The molecule has 0 saturated carbocycles. The summed E-state index contributed by atoms with van der Waals surface area (Å²) >= 11 is 0. The van der Waals surface area contributed by atoms with E-state index in [1.165, 1.54) is 6.20 Å². The molecular formula is C10H13NO4. The van der Waals surface area contributed by atoms with E-state index >= 15 is 0 Å². The Morgan fingerprint density at radius 2 is 2.47 bits per heavy atom. The first-order valence-corrected chi connectivity index (χ1v) is 5.00. The smallest absolute Gasteiger partial charge is 0.303 e. The van der Waals surface area contributed by atoms with Crippen LogP contribution in [0.15, 0.2) is 10.7 Å². The maximum Gasteiger partial charge on any atom is 0.303 e. The number of carboxylic acid groups (broad SMARTS) is 1. The van der Waals surface area contributed by atoms with E-state index < -0.39 is 12.1 Å². The molecule has 5 nitrogen and oxygen atoms in total. The zero-order valence-corrected chi connectivity index (χ0v) is 8.22. The molecule has 0 saturated heterocycles. The molecule has 1 aromatic heterocycles. The Morgan fingerprint density at radius 1 is 1.67 bits per heavy atom. The van der Waals surface area contributed by atoms with Crippen LogP contribution in [-0.4, -0.2) is 21.3 Å². The summed E-state index contributed by atoms with van der Waals surface area (Å²) in [6.45, 7) is 0. The lowest BCUT2D eigenvalue weighted by atomic mass is 9.84. The molecule has 1 aliphatic rings. The van der Waals surface area contributed by atoms with Gasteiger partial charge in [-0.25, -0.2) is 0 Å². The number of carboxylic acids is 1. The summed E-state index contributed by atoms with van der Waals surface area (Å²) in [6.07, 6.45) is 2.97. The van der Waals surface area contributed by atoms with Gasteiger partial charge in [0.15, 0.2) is 0 Å². The number of hydrogen-bond donors (Lipinski definition) is 2. The molecular weight excluding hydrogens is 198 g/mol. The quantitative estimate of drug-likeness (QED) is 0.783. The highest BCUT2D eigenvalue weighted by Gasteiger charge is 2.28. The lowest BCUT2D eigenvalue weighted by molar-refractivity contribution is -0.137. The van der Waals surface area contributed by atoms with Gasteiger partial charge in [-0.05, 0) is 18.8 Å². The Kier molecular flexibility index (Phi) is 2.73. The molecule has 15 heavy (non-hydrogen) atoms. The predicted molar refractivity (Wildman–Crippen MR) is 50.1 cm³/mol. The molecule has 0 aliphatic heterocycles. The van der Waals surface area contributed by atoms with Crippen molar-refractivity contribution in [3.05, 3.63) is 17.5 Å². The second kappa shape index (κ2) is 4.02. The van der Waals surface area contributed by atoms with E-state index in [1.807, 2.05) is 0 Å². The first-order chi connectivity index (χ1) is 7.16. The van der Waals surface area contributed by atoms with E-state index in [0.717, 1.165) is 5.56 Å². The number of aliphatic hydroxyl groups excluding tert-OH is 1. The minimum absolute atomic E-state index is 0.140. The number of aromatic nitrogens is 1. The lowest BCUT2D eigenvalue weighted by Gasteiger charge is -2.23. The van der Waals surface area contributed by atoms with Gasteiger partial charge in [0.2, 0.25) is 0 Å². The third kappa shape index (κ3) is 2.18. The van der Waals surface area contributed by atoms with Gasteiger partial charge in [0.05, 0.1) is 12.3 Å². The summed E-state index contributed by atoms with van der Waals surface area (Å²) in [5.74, 6) is 0.0774. The van der Waals surface area contributed by atoms with Crippen molar-refractivity contribution in [3.8, 4) is 0 Å². The highest BCUT2D eigenvalue weighted by molar-refractivity contribution is 5.66. The molecule has 0 fully saturated rings. The topological polar surface area (TPSA) is 83.6 Å². The first-order valence-electron chi connectivity index (χ1n) is 5.00. The Hall–Kier alpha value is -1.36. The van der Waals surface area contributed by atoms with Crippen LogP contribution in [0.3, 0.4) is 0 Å². The van der Waals surface area contributed by atoms with Gasteiger partial charge in [-0.3, -0.25) is 4.79 Å². The number of rotatable bonds is 3. The van der Waals surface area contributed by atoms with E-state index in [0.29, 0.717) is 25.0 Å². The molecule has 0 spiro atoms. The molecule has 0 bridgehead atoms. The van der Waals surface area contributed by atoms with Crippen LogP contribution in [0.1, 0.15) is 36.7 Å². The van der Waals surface area contributed by atoms with E-state index in [9.17, 15) is 9.90 Å². The largest absolute Gasteiger partial charge is 0.481 e. The Balaban J connectivity index is 2.00. The van der Waals surface area contributed by atoms with Crippen LogP contribution in [0, 0.1) is 5.92 Å². The highest BCUT2D eigenvalue weighted by Crippen LogP contribution is 2.34. The fraction of sp³-hybridized carbons (Fsp3) is 0.600. The number of aliphatic hydroxyl groups is 1. The van der Waals surface area contributed by atoms with Gasteiger partial charge >= 0.3 is 5.97 Å². The monoisotopic (exact) mass is 211 g/mol. The molecule has 1 heterocycles. The molecule has 0 aromatic carbocycles. The molecule has 0 radical (unpaired) electrons. The number of nitrogens with zero attached hydrogens (tertiary/aromatic N) is 1. The molecule has 2 N–H and O–H groups in total. The normalized spacial score (nSPS) is 24.9. The summed E-state index contributed by atoms with van der Waals surface area (Å²) < 4.78 is 5.01. The van der Waals surface area contributed by atoms with Gasteiger partial charge in [-0.1, -0.05) is 5.16 Å². The van der Waals surface area contributed by atoms with Crippen LogP contribution < -0.4 is 0 Å². The summed E-state index contributed by atoms with van der Waals surface area (Å²) in [7, 11) is 0. The number of hydrogen-bond acceptors (Lipinski definition) is 4. The first kappa shape index (κ1) is 10.2. The third-order valence-electron chi connectivity index (χ3n) is 2.83. The molecule has 5 heteroatoms. The average Bonchev–Trinajstić information content (AvgIpc) is 2.63. The van der Waals surface area contributed by atoms with Crippen molar-refractivity contribution in [2.75, 3.05) is 0 Å². The van der Waals surface area contributed by atoms with E-state index in [2.05, 4.69) is 5.16 Å². The minimum Gasteiger partial charge on any atom is -0.481 e. The molecule has 82 valence electrons. The van der Waals surface area contributed by atoms with Crippen LogP contribution in [0.4, 0.5) is 0 Å². The van der Waals surface area contributed by atoms with Crippen LogP contribution in [0.5, 0.6) is 0 Å². The molecule has 1 aliphatic carbocycles. The second-order valence-corrected chi connectivity index (χ2v) is 3.96. The predicted octanol–water partition coefficient (Wildman–Crippen LogP) is 1.14. The summed E-state index contributed by atoms with van der Waals surface area (Å²) in [5.41, 5.74) is 0.751. The van der Waals surface area contributed by atoms with Crippen molar-refractivity contribution in [1.29, 1.82) is 0 Å². The van der Waals surface area contributed by atoms with Gasteiger partial charge in [0.1, 0.15) is 5.76 Å². The molecule has 0 amide bonds. The summed E-state index contributed by atoms with van der Waals surface area (Å²) in [6, 6.07) is 0. The average molecular weight is 211 g/mol. The zero-order chi connectivity index (χ0) is 10.8. The standard InChI is InChI=1S/C10H13NO4/c12-8-3-6(1-2-10(13)14)4-9-7(8)5-11-15-9/h5-6,8,12H,1-4H2,(H,13,14). The maximum absolute atomic E-state index is 10.4. The SMILES string of the molecule is O=C(O)CCC1Cc2oncc2C(O)C1. The van der Waals surface area contributed by atoms with Gasteiger partial charge < -0.3 is 14.7 Å². The van der Waals surface area contributed by atoms with Crippen LogP contribution >= 0.6 is 0 Å². The molecule has 2 rings (SSSR count). The van der Waals surface area contributed by atoms with E-state index in [4.69, 9.17) is 9.63 Å². The minimum atomic E-state index is -0.798. The van der Waals surface area contributed by atoms with Crippen LogP contribution in [-0.2, 0) is 11.2 Å². The van der Waals surface area contributed by atoms with E-state index in [1.54, 1.807) is 0 Å². The van der Waals surface area contributed by atoms with Crippen molar-refractivity contribution in [2.45, 2.75) is 31.8 Å². The van der Waals surface area contributed by atoms with Gasteiger partial charge in [-0.15, -0.1) is 0 Å². The maximum atomic E-state index is 10.4. The zero-order valence-electron chi connectivity index (χ0n) is 8.22. The summed E-state index contributed by atoms with van der Waals surface area (Å²) in [5, 5.41) is 21.9.